The van der Waals surface area contributed by atoms with Gasteiger partial charge in [0.25, 0.3) is 5.91 Å². The zero-order chi connectivity index (χ0) is 16.6. The van der Waals surface area contributed by atoms with Crippen LogP contribution in [0.5, 0.6) is 0 Å². The monoisotopic (exact) mass is 309 g/mol. The molecule has 4 heteroatoms. The standard InChI is InChI=1S/C19H21N2O2/c1-13-11-16-7-4-5-9-18(16)21(13)19(23)14(2)20-10-6-8-17(12-20)15(3)22/h4-10,12-14H,11H2,1-3H3/q+1/t13-,14+/m0/s1. The summed E-state index contributed by atoms with van der Waals surface area (Å²) in [5.74, 6) is 0.0482. The van der Waals surface area contributed by atoms with Crippen molar-refractivity contribution in [3.63, 3.8) is 0 Å². The van der Waals surface area contributed by atoms with Crippen LogP contribution in [0.4, 0.5) is 5.69 Å². The van der Waals surface area contributed by atoms with Crippen molar-refractivity contribution >= 4 is 17.4 Å². The highest BCUT2D eigenvalue weighted by Gasteiger charge is 2.36. The predicted molar refractivity (Wildman–Crippen MR) is 88.4 cm³/mol. The molecule has 1 aliphatic heterocycles. The molecule has 2 aromatic rings. The summed E-state index contributed by atoms with van der Waals surface area (Å²) in [5.41, 5.74) is 2.82. The van der Waals surface area contributed by atoms with Gasteiger partial charge in [0, 0.05) is 24.7 Å². The molecule has 0 fully saturated rings. The lowest BCUT2D eigenvalue weighted by Gasteiger charge is -2.23. The number of carbonyl (C=O) groups is 2. The Morgan fingerprint density at radius 2 is 1.96 bits per heavy atom. The van der Waals surface area contributed by atoms with Crippen LogP contribution in [0.25, 0.3) is 0 Å². The van der Waals surface area contributed by atoms with Gasteiger partial charge in [-0.1, -0.05) is 18.2 Å². The third kappa shape index (κ3) is 2.77. The molecule has 1 aliphatic rings. The number of para-hydroxylation sites is 1. The largest absolute Gasteiger partial charge is 0.303 e. The highest BCUT2D eigenvalue weighted by atomic mass is 16.2. The molecule has 2 atom stereocenters. The van der Waals surface area contributed by atoms with E-state index in [-0.39, 0.29) is 23.8 Å². The second kappa shape index (κ2) is 5.95. The van der Waals surface area contributed by atoms with Gasteiger partial charge in [-0.05, 0) is 38.0 Å². The number of benzene rings is 1. The molecule has 23 heavy (non-hydrogen) atoms. The third-order valence-electron chi connectivity index (χ3n) is 4.48. The third-order valence-corrected chi connectivity index (χ3v) is 4.48. The quantitative estimate of drug-likeness (QED) is 0.646. The molecule has 3 rings (SSSR count). The van der Waals surface area contributed by atoms with Crippen LogP contribution in [0.1, 0.15) is 42.7 Å². The molecular formula is C19H21N2O2+. The fourth-order valence-corrected chi connectivity index (χ4v) is 3.17. The average Bonchev–Trinajstić information content (AvgIpc) is 2.89. The van der Waals surface area contributed by atoms with Crippen LogP contribution >= 0.6 is 0 Å². The lowest BCUT2D eigenvalue weighted by atomic mass is 10.1. The first-order chi connectivity index (χ1) is 11.0. The SMILES string of the molecule is CC(=O)c1ccc[n+]([C@H](C)C(=O)N2c3ccccc3C[C@@H]2C)c1. The Bertz CT molecular complexity index is 769. The number of fused-ring (bicyclic) bond motifs is 1. The van der Waals surface area contributed by atoms with Crippen LogP contribution in [-0.2, 0) is 11.2 Å². The Labute approximate surface area is 136 Å². The fourth-order valence-electron chi connectivity index (χ4n) is 3.17. The number of hydrogen-bond acceptors (Lipinski definition) is 2. The molecule has 0 saturated carbocycles. The van der Waals surface area contributed by atoms with E-state index in [2.05, 4.69) is 13.0 Å². The number of aromatic nitrogens is 1. The number of ketones is 1. The molecule has 1 aromatic heterocycles. The van der Waals surface area contributed by atoms with Crippen molar-refractivity contribution < 1.29 is 14.2 Å². The van der Waals surface area contributed by atoms with Crippen molar-refractivity contribution in [1.29, 1.82) is 0 Å². The summed E-state index contributed by atoms with van der Waals surface area (Å²) in [6, 6.07) is 11.4. The zero-order valence-electron chi connectivity index (χ0n) is 13.7. The Morgan fingerprint density at radius 1 is 1.22 bits per heavy atom. The van der Waals surface area contributed by atoms with Crippen molar-refractivity contribution in [2.24, 2.45) is 0 Å². The van der Waals surface area contributed by atoms with Crippen molar-refractivity contribution in [3.8, 4) is 0 Å². The summed E-state index contributed by atoms with van der Waals surface area (Å²) in [4.78, 5) is 26.5. The average molecular weight is 309 g/mol. The van der Waals surface area contributed by atoms with Gasteiger partial charge >= 0.3 is 0 Å². The minimum Gasteiger partial charge on any atom is -0.303 e. The van der Waals surface area contributed by atoms with Crippen molar-refractivity contribution in [1.82, 2.24) is 0 Å². The number of carbonyl (C=O) groups excluding carboxylic acids is 2. The second-order valence-electron chi connectivity index (χ2n) is 6.16. The minimum absolute atomic E-state index is 0.00103. The lowest BCUT2D eigenvalue weighted by molar-refractivity contribution is -0.706. The van der Waals surface area contributed by atoms with Gasteiger partial charge in [0.05, 0.1) is 5.56 Å². The van der Waals surface area contributed by atoms with Crippen molar-refractivity contribution in [2.45, 2.75) is 39.3 Å². The first-order valence-corrected chi connectivity index (χ1v) is 7.91. The number of amides is 1. The molecule has 0 radical (unpaired) electrons. The minimum atomic E-state index is -0.358. The van der Waals surface area contributed by atoms with Crippen LogP contribution < -0.4 is 9.47 Å². The highest BCUT2D eigenvalue weighted by molar-refractivity contribution is 5.97. The number of nitrogens with zero attached hydrogens (tertiary/aromatic N) is 2. The fraction of sp³-hybridized carbons (Fsp3) is 0.316. The number of rotatable bonds is 3. The Kier molecular flexibility index (Phi) is 3.99. The maximum Gasteiger partial charge on any atom is 0.296 e. The summed E-state index contributed by atoms with van der Waals surface area (Å²) < 4.78 is 1.81. The molecular weight excluding hydrogens is 288 g/mol. The molecule has 0 saturated heterocycles. The van der Waals surface area contributed by atoms with E-state index in [1.165, 1.54) is 12.5 Å². The van der Waals surface area contributed by atoms with E-state index in [9.17, 15) is 9.59 Å². The van der Waals surface area contributed by atoms with Crippen LogP contribution in [0.15, 0.2) is 48.8 Å². The number of Topliss-reactive ketones (excluding diaryl/α,β-unsaturated/α-hetero) is 1. The van der Waals surface area contributed by atoms with Gasteiger partial charge in [-0.25, -0.2) is 0 Å². The van der Waals surface area contributed by atoms with E-state index in [4.69, 9.17) is 0 Å². The van der Waals surface area contributed by atoms with Crippen LogP contribution in [0.2, 0.25) is 0 Å². The Morgan fingerprint density at radius 3 is 2.70 bits per heavy atom. The smallest absolute Gasteiger partial charge is 0.296 e. The number of anilines is 1. The maximum atomic E-state index is 13.0. The molecule has 2 heterocycles. The highest BCUT2D eigenvalue weighted by Crippen LogP contribution is 2.32. The molecule has 1 aromatic carbocycles. The maximum absolute atomic E-state index is 13.0. The number of hydrogen-bond donors (Lipinski definition) is 0. The summed E-state index contributed by atoms with van der Waals surface area (Å²) in [6.45, 7) is 5.48. The van der Waals surface area contributed by atoms with Gasteiger partial charge in [0.2, 0.25) is 6.04 Å². The van der Waals surface area contributed by atoms with Crippen LogP contribution in [0, 0.1) is 0 Å². The predicted octanol–water partition coefficient (Wildman–Crippen LogP) is 2.72. The molecule has 4 nitrogen and oxygen atoms in total. The van der Waals surface area contributed by atoms with Gasteiger partial charge in [0.15, 0.2) is 18.2 Å². The van der Waals surface area contributed by atoms with Gasteiger partial charge < -0.3 is 4.90 Å². The first kappa shape index (κ1) is 15.4. The van der Waals surface area contributed by atoms with E-state index in [0.29, 0.717) is 5.56 Å². The van der Waals surface area contributed by atoms with Crippen LogP contribution in [0.3, 0.4) is 0 Å². The Hall–Kier alpha value is -2.49. The topological polar surface area (TPSA) is 41.3 Å². The Balaban J connectivity index is 1.91. The number of pyridine rings is 1. The van der Waals surface area contributed by atoms with Gasteiger partial charge in [-0.3, -0.25) is 9.59 Å². The van der Waals surface area contributed by atoms with E-state index in [1.807, 2.05) is 46.9 Å². The molecule has 0 unspecified atom stereocenters. The van der Waals surface area contributed by atoms with Gasteiger partial charge in [-0.2, -0.15) is 4.57 Å². The summed E-state index contributed by atoms with van der Waals surface area (Å²) in [6.07, 6.45) is 4.46. The zero-order valence-corrected chi connectivity index (χ0v) is 13.7. The van der Waals surface area contributed by atoms with E-state index in [0.717, 1.165) is 12.1 Å². The molecule has 0 N–H and O–H groups in total. The summed E-state index contributed by atoms with van der Waals surface area (Å²) in [5, 5.41) is 0. The molecule has 0 bridgehead atoms. The summed E-state index contributed by atoms with van der Waals surface area (Å²) >= 11 is 0. The van der Waals surface area contributed by atoms with Gasteiger partial charge in [0.1, 0.15) is 0 Å². The molecule has 118 valence electrons. The van der Waals surface area contributed by atoms with Crippen molar-refractivity contribution in [2.75, 3.05) is 4.90 Å². The summed E-state index contributed by atoms with van der Waals surface area (Å²) in [7, 11) is 0. The first-order valence-electron chi connectivity index (χ1n) is 7.91. The second-order valence-corrected chi connectivity index (χ2v) is 6.16. The normalized spacial score (nSPS) is 17.7. The van der Waals surface area contributed by atoms with E-state index >= 15 is 0 Å². The van der Waals surface area contributed by atoms with Gasteiger partial charge in [-0.15, -0.1) is 0 Å². The van der Waals surface area contributed by atoms with Crippen molar-refractivity contribution in [3.05, 3.63) is 59.9 Å². The molecule has 0 aliphatic carbocycles. The van der Waals surface area contributed by atoms with Crippen LogP contribution in [-0.4, -0.2) is 17.7 Å². The lowest BCUT2D eigenvalue weighted by Crippen LogP contribution is -2.50. The molecule has 0 spiro atoms. The van der Waals surface area contributed by atoms with E-state index in [1.54, 1.807) is 12.3 Å². The van der Waals surface area contributed by atoms with E-state index < -0.39 is 0 Å². The molecule has 1 amide bonds.